The van der Waals surface area contributed by atoms with Crippen molar-refractivity contribution in [3.63, 3.8) is 0 Å². The van der Waals surface area contributed by atoms with Crippen molar-refractivity contribution in [3.8, 4) is 11.5 Å². The van der Waals surface area contributed by atoms with Crippen LogP contribution in [0.15, 0.2) is 65.3 Å². The Kier molecular flexibility index (Phi) is 6.66. The third-order valence-corrected chi connectivity index (χ3v) is 5.88. The fourth-order valence-corrected chi connectivity index (χ4v) is 4.11. The maximum Gasteiger partial charge on any atom is 0.173 e. The number of nitrogens with one attached hydrogen (secondary N) is 2. The molecule has 0 aliphatic heterocycles. The molecule has 2 heterocycles. The van der Waals surface area contributed by atoms with E-state index in [9.17, 15) is 0 Å². The third kappa shape index (κ3) is 4.73. The number of nitrogens with zero attached hydrogens (tertiary/aromatic N) is 1. The number of H-pyrrole nitrogens is 1. The van der Waals surface area contributed by atoms with Crippen molar-refractivity contribution in [2.75, 3.05) is 26.1 Å². The number of hydrogen-bond acceptors (Lipinski definition) is 4. The summed E-state index contributed by atoms with van der Waals surface area (Å²) < 4.78 is 16.5. The molecule has 0 fully saturated rings. The molecule has 0 saturated heterocycles. The zero-order valence-electron chi connectivity index (χ0n) is 18.5. The Morgan fingerprint density at radius 3 is 2.69 bits per heavy atom. The highest BCUT2D eigenvalue weighted by molar-refractivity contribution is 7.80. The molecule has 2 aromatic carbocycles. The smallest absolute Gasteiger partial charge is 0.173 e. The van der Waals surface area contributed by atoms with Crippen molar-refractivity contribution in [1.82, 2.24) is 9.88 Å². The average molecular weight is 450 g/mol. The first-order chi connectivity index (χ1) is 15.6. The summed E-state index contributed by atoms with van der Waals surface area (Å²) >= 11 is 5.79. The molecule has 166 valence electrons. The van der Waals surface area contributed by atoms with Crippen LogP contribution in [0, 0.1) is 6.92 Å². The lowest BCUT2D eigenvalue weighted by molar-refractivity contribution is 0.368. The fourth-order valence-electron chi connectivity index (χ4n) is 3.84. The van der Waals surface area contributed by atoms with Crippen molar-refractivity contribution < 1.29 is 13.9 Å². The summed E-state index contributed by atoms with van der Waals surface area (Å²) in [6.07, 6.45) is 2.49. The summed E-state index contributed by atoms with van der Waals surface area (Å²) in [6, 6.07) is 17.7. The maximum atomic E-state index is 5.79. The molecule has 6 nitrogen and oxygen atoms in total. The minimum Gasteiger partial charge on any atom is -0.497 e. The largest absolute Gasteiger partial charge is 0.497 e. The van der Waals surface area contributed by atoms with Gasteiger partial charge < -0.3 is 29.1 Å². The maximum absolute atomic E-state index is 5.79. The van der Waals surface area contributed by atoms with Crippen LogP contribution in [0.3, 0.4) is 0 Å². The topological polar surface area (TPSA) is 62.7 Å². The second-order valence-electron chi connectivity index (χ2n) is 7.52. The van der Waals surface area contributed by atoms with E-state index in [-0.39, 0.29) is 0 Å². The number of aromatic nitrogens is 1. The lowest BCUT2D eigenvalue weighted by Gasteiger charge is -2.25. The Morgan fingerprint density at radius 2 is 1.94 bits per heavy atom. The van der Waals surface area contributed by atoms with Crippen molar-refractivity contribution in [2.45, 2.75) is 19.9 Å². The number of methoxy groups -OCH3 is 2. The van der Waals surface area contributed by atoms with Crippen molar-refractivity contribution in [3.05, 3.63) is 77.9 Å². The van der Waals surface area contributed by atoms with Crippen LogP contribution in [0.1, 0.15) is 17.0 Å². The van der Waals surface area contributed by atoms with Crippen LogP contribution >= 0.6 is 12.2 Å². The van der Waals surface area contributed by atoms with Crippen LogP contribution in [0.25, 0.3) is 10.9 Å². The fraction of sp³-hybridized carbons (Fsp3) is 0.240. The molecule has 0 radical (unpaired) electrons. The van der Waals surface area contributed by atoms with E-state index >= 15 is 0 Å². The Hall–Kier alpha value is -3.45. The van der Waals surface area contributed by atoms with Gasteiger partial charge in [-0.1, -0.05) is 12.1 Å². The average Bonchev–Trinajstić information content (AvgIpc) is 3.43. The molecule has 0 amide bonds. The summed E-state index contributed by atoms with van der Waals surface area (Å²) in [5.74, 6) is 2.44. The van der Waals surface area contributed by atoms with Gasteiger partial charge >= 0.3 is 0 Å². The van der Waals surface area contributed by atoms with Gasteiger partial charge in [0.2, 0.25) is 0 Å². The summed E-state index contributed by atoms with van der Waals surface area (Å²) in [4.78, 5) is 5.58. The van der Waals surface area contributed by atoms with Gasteiger partial charge in [-0.25, -0.2) is 0 Å². The highest BCUT2D eigenvalue weighted by atomic mass is 32.1. The number of benzene rings is 2. The molecule has 0 bridgehead atoms. The summed E-state index contributed by atoms with van der Waals surface area (Å²) in [5, 5.41) is 5.12. The molecule has 0 unspecified atom stereocenters. The van der Waals surface area contributed by atoms with Gasteiger partial charge in [-0.05, 0) is 73.6 Å². The Labute approximate surface area is 193 Å². The molecule has 4 aromatic rings. The molecule has 4 rings (SSSR count). The second kappa shape index (κ2) is 9.78. The quantitative estimate of drug-likeness (QED) is 0.345. The minimum atomic E-state index is 0.568. The third-order valence-electron chi connectivity index (χ3n) is 5.52. The van der Waals surface area contributed by atoms with Gasteiger partial charge in [0, 0.05) is 23.1 Å². The van der Waals surface area contributed by atoms with E-state index in [0.717, 1.165) is 40.6 Å². The Balaban J connectivity index is 1.57. The molecule has 0 aliphatic rings. The standard InChI is InChI=1S/C25H27N3O3S/c1-17-20(21-15-18(29-2)10-11-22(21)26-17)12-13-28(16-19-7-6-14-31-19)25(32)27-23-8-4-5-9-24(23)30-3/h4-11,14-15,26H,12-13,16H2,1-3H3,(H,27,32). The number of rotatable bonds is 8. The number of hydrogen-bond donors (Lipinski definition) is 2. The van der Waals surface area contributed by atoms with Crippen molar-refractivity contribution >= 4 is 33.9 Å². The highest BCUT2D eigenvalue weighted by Gasteiger charge is 2.16. The first-order valence-electron chi connectivity index (χ1n) is 10.5. The molecule has 0 aliphatic carbocycles. The molecular weight excluding hydrogens is 422 g/mol. The SMILES string of the molecule is COc1ccc2[nH]c(C)c(CCN(Cc3ccco3)C(=S)Nc3ccccc3OC)c2c1. The van der Waals surface area contributed by atoms with Crippen LogP contribution in [-0.4, -0.2) is 35.8 Å². The predicted octanol–water partition coefficient (Wildman–Crippen LogP) is 5.53. The van der Waals surface area contributed by atoms with E-state index in [1.807, 2.05) is 42.5 Å². The van der Waals surface area contributed by atoms with E-state index < -0.39 is 0 Å². The zero-order chi connectivity index (χ0) is 22.5. The van der Waals surface area contributed by atoms with Crippen molar-refractivity contribution in [1.29, 1.82) is 0 Å². The lowest BCUT2D eigenvalue weighted by Crippen LogP contribution is -2.36. The van der Waals surface area contributed by atoms with Crippen LogP contribution in [-0.2, 0) is 13.0 Å². The molecule has 32 heavy (non-hydrogen) atoms. The van der Waals surface area contributed by atoms with E-state index in [0.29, 0.717) is 18.2 Å². The summed E-state index contributed by atoms with van der Waals surface area (Å²) in [5.41, 5.74) is 4.33. The Morgan fingerprint density at radius 1 is 1.09 bits per heavy atom. The summed E-state index contributed by atoms with van der Waals surface area (Å²) in [7, 11) is 3.34. The van der Waals surface area contributed by atoms with E-state index in [1.165, 1.54) is 10.9 Å². The van der Waals surface area contributed by atoms with Crippen LogP contribution in [0.4, 0.5) is 5.69 Å². The van der Waals surface area contributed by atoms with Crippen LogP contribution in [0.5, 0.6) is 11.5 Å². The second-order valence-corrected chi connectivity index (χ2v) is 7.91. The van der Waals surface area contributed by atoms with Gasteiger partial charge in [0.15, 0.2) is 5.11 Å². The molecule has 2 N–H and O–H groups in total. The zero-order valence-corrected chi connectivity index (χ0v) is 19.3. The number of furan rings is 1. The van der Waals surface area contributed by atoms with Crippen LogP contribution < -0.4 is 14.8 Å². The minimum absolute atomic E-state index is 0.568. The van der Waals surface area contributed by atoms with Crippen molar-refractivity contribution in [2.24, 2.45) is 0 Å². The number of para-hydroxylation sites is 2. The van der Waals surface area contributed by atoms with Gasteiger partial charge in [-0.2, -0.15) is 0 Å². The van der Waals surface area contributed by atoms with E-state index in [1.54, 1.807) is 20.5 Å². The Bertz CT molecular complexity index is 1200. The first-order valence-corrected chi connectivity index (χ1v) is 10.9. The number of aromatic amines is 1. The number of fused-ring (bicyclic) bond motifs is 1. The molecule has 0 saturated carbocycles. The number of aryl methyl sites for hydroxylation is 1. The lowest BCUT2D eigenvalue weighted by atomic mass is 10.1. The van der Waals surface area contributed by atoms with Gasteiger partial charge in [-0.3, -0.25) is 0 Å². The highest BCUT2D eigenvalue weighted by Crippen LogP contribution is 2.28. The van der Waals surface area contributed by atoms with Gasteiger partial charge in [0.05, 0.1) is 32.7 Å². The van der Waals surface area contributed by atoms with Gasteiger partial charge in [0.25, 0.3) is 0 Å². The number of anilines is 1. The molecular formula is C25H27N3O3S. The number of ether oxygens (including phenoxy) is 2. The predicted molar refractivity (Wildman–Crippen MR) is 132 cm³/mol. The first kappa shape index (κ1) is 21.8. The van der Waals surface area contributed by atoms with E-state index in [2.05, 4.69) is 34.3 Å². The monoisotopic (exact) mass is 449 g/mol. The molecule has 2 aromatic heterocycles. The summed E-state index contributed by atoms with van der Waals surface area (Å²) in [6.45, 7) is 3.38. The molecule has 7 heteroatoms. The van der Waals surface area contributed by atoms with Gasteiger partial charge in [0.1, 0.15) is 17.3 Å². The molecule has 0 atom stereocenters. The van der Waals surface area contributed by atoms with Gasteiger partial charge in [-0.15, -0.1) is 0 Å². The normalized spacial score (nSPS) is 10.8. The van der Waals surface area contributed by atoms with Crippen LogP contribution in [0.2, 0.25) is 0 Å². The molecule has 0 spiro atoms. The van der Waals surface area contributed by atoms with E-state index in [4.69, 9.17) is 26.1 Å². The number of thiocarbonyl (C=S) groups is 1.